The molecule has 0 fully saturated rings. The third-order valence-electron chi connectivity index (χ3n) is 6.16. The molecule has 2 amide bonds. The first-order valence-corrected chi connectivity index (χ1v) is 12.7. The van der Waals surface area contributed by atoms with Crippen LogP contribution < -0.4 is 10.2 Å². The highest BCUT2D eigenvalue weighted by atomic mass is 16.5. The van der Waals surface area contributed by atoms with Crippen LogP contribution >= 0.6 is 0 Å². The molecule has 0 radical (unpaired) electrons. The van der Waals surface area contributed by atoms with E-state index in [1.54, 1.807) is 18.0 Å². The maximum absolute atomic E-state index is 12.8. The molecule has 4 rings (SSSR count). The fourth-order valence-electron chi connectivity index (χ4n) is 3.99. The number of urea groups is 1. The Kier molecular flexibility index (Phi) is 9.08. The van der Waals surface area contributed by atoms with Gasteiger partial charge in [-0.3, -0.25) is 4.90 Å². The predicted molar refractivity (Wildman–Crippen MR) is 155 cm³/mol. The Morgan fingerprint density at radius 1 is 0.816 bits per heavy atom. The summed E-state index contributed by atoms with van der Waals surface area (Å²) >= 11 is 0. The van der Waals surface area contributed by atoms with Gasteiger partial charge in [0.2, 0.25) is 0 Å². The molecule has 1 N–H and O–H groups in total. The lowest BCUT2D eigenvalue weighted by Gasteiger charge is -2.19. The lowest BCUT2D eigenvalue weighted by atomic mass is 10.0. The van der Waals surface area contributed by atoms with E-state index >= 15 is 0 Å². The minimum Gasteiger partial charge on any atom is -0.458 e. The molecule has 0 aromatic heterocycles. The first-order valence-electron chi connectivity index (χ1n) is 12.7. The summed E-state index contributed by atoms with van der Waals surface area (Å²) in [7, 11) is 1.75. The van der Waals surface area contributed by atoms with E-state index < -0.39 is 0 Å². The van der Waals surface area contributed by atoms with Crippen molar-refractivity contribution in [3.8, 4) is 11.1 Å². The third kappa shape index (κ3) is 7.43. The van der Waals surface area contributed by atoms with Crippen molar-refractivity contribution in [1.29, 1.82) is 0 Å². The summed E-state index contributed by atoms with van der Waals surface area (Å²) in [6.07, 6.45) is 5.29. The minimum atomic E-state index is -0.385. The summed E-state index contributed by atoms with van der Waals surface area (Å²) in [5.41, 5.74) is 6.65. The molecule has 0 saturated carbocycles. The Hall–Kier alpha value is -4.64. The summed E-state index contributed by atoms with van der Waals surface area (Å²) in [5, 5.41) is 2.96. The molecule has 4 aromatic rings. The van der Waals surface area contributed by atoms with Crippen LogP contribution in [-0.4, -0.2) is 19.0 Å². The van der Waals surface area contributed by atoms with E-state index in [1.807, 2.05) is 103 Å². The van der Waals surface area contributed by atoms with Crippen LogP contribution in [0.15, 0.2) is 109 Å². The van der Waals surface area contributed by atoms with Gasteiger partial charge in [-0.1, -0.05) is 92.2 Å². The molecule has 38 heavy (non-hydrogen) atoms. The van der Waals surface area contributed by atoms with Crippen LogP contribution in [0.25, 0.3) is 17.2 Å². The number of hydrogen-bond acceptors (Lipinski definition) is 3. The molecule has 0 saturated heterocycles. The topological polar surface area (TPSA) is 58.6 Å². The lowest BCUT2D eigenvalue weighted by Crippen LogP contribution is -2.31. The second-order valence-electron chi connectivity index (χ2n) is 9.04. The van der Waals surface area contributed by atoms with Crippen molar-refractivity contribution in [2.75, 3.05) is 17.3 Å². The SMILES string of the molecule is CCCc1ccc(NC(=O)N(C)c2cccc(-c3ccc(C=CC(=O)OCc4ccccc4)cc3)c2)cc1. The van der Waals surface area contributed by atoms with Crippen LogP contribution in [0.4, 0.5) is 16.2 Å². The van der Waals surface area contributed by atoms with E-state index in [4.69, 9.17) is 4.74 Å². The van der Waals surface area contributed by atoms with Gasteiger partial charge in [-0.05, 0) is 64.6 Å². The van der Waals surface area contributed by atoms with Gasteiger partial charge in [-0.25, -0.2) is 9.59 Å². The van der Waals surface area contributed by atoms with E-state index in [2.05, 4.69) is 12.2 Å². The Balaban J connectivity index is 1.35. The first kappa shape index (κ1) is 26.4. The molecular formula is C33H32N2O3. The predicted octanol–water partition coefficient (Wildman–Crippen LogP) is 7.73. The number of benzene rings is 4. The quantitative estimate of drug-likeness (QED) is 0.187. The molecule has 0 aliphatic rings. The third-order valence-corrected chi connectivity index (χ3v) is 6.16. The van der Waals surface area contributed by atoms with E-state index in [1.165, 1.54) is 11.6 Å². The van der Waals surface area contributed by atoms with E-state index in [9.17, 15) is 9.59 Å². The van der Waals surface area contributed by atoms with Crippen LogP contribution in [0, 0.1) is 0 Å². The zero-order valence-corrected chi connectivity index (χ0v) is 21.8. The normalized spacial score (nSPS) is 10.8. The van der Waals surface area contributed by atoms with Crippen molar-refractivity contribution in [3.63, 3.8) is 0 Å². The number of ether oxygens (including phenoxy) is 1. The Morgan fingerprint density at radius 3 is 2.26 bits per heavy atom. The van der Waals surface area contributed by atoms with E-state index in [0.29, 0.717) is 0 Å². The maximum Gasteiger partial charge on any atom is 0.331 e. The Morgan fingerprint density at radius 2 is 1.55 bits per heavy atom. The summed E-state index contributed by atoms with van der Waals surface area (Å²) in [6.45, 7) is 2.40. The number of carbonyl (C=O) groups excluding carboxylic acids is 2. The number of aryl methyl sites for hydroxylation is 1. The van der Waals surface area contributed by atoms with Crippen molar-refractivity contribution in [3.05, 3.63) is 126 Å². The number of anilines is 2. The zero-order valence-electron chi connectivity index (χ0n) is 21.8. The van der Waals surface area contributed by atoms with E-state index in [0.717, 1.165) is 46.5 Å². The first-order chi connectivity index (χ1) is 18.5. The molecule has 0 unspecified atom stereocenters. The van der Waals surface area contributed by atoms with Gasteiger partial charge in [0.05, 0.1) is 0 Å². The number of rotatable bonds is 9. The molecule has 0 heterocycles. The highest BCUT2D eigenvalue weighted by Crippen LogP contribution is 2.25. The van der Waals surface area contributed by atoms with Crippen molar-refractivity contribution < 1.29 is 14.3 Å². The van der Waals surface area contributed by atoms with Gasteiger partial charge in [0, 0.05) is 24.5 Å². The van der Waals surface area contributed by atoms with Crippen molar-refractivity contribution in [2.45, 2.75) is 26.4 Å². The molecule has 192 valence electrons. The number of carbonyl (C=O) groups is 2. The molecule has 0 spiro atoms. The van der Waals surface area contributed by atoms with Gasteiger partial charge in [0.25, 0.3) is 0 Å². The molecule has 0 aliphatic heterocycles. The Labute approximate surface area is 224 Å². The minimum absolute atomic E-state index is 0.204. The fraction of sp³-hybridized carbons (Fsp3) is 0.152. The highest BCUT2D eigenvalue weighted by Gasteiger charge is 2.12. The van der Waals surface area contributed by atoms with Crippen LogP contribution in [0.5, 0.6) is 0 Å². The number of nitrogens with zero attached hydrogens (tertiary/aromatic N) is 1. The van der Waals surface area contributed by atoms with Gasteiger partial charge < -0.3 is 10.1 Å². The monoisotopic (exact) mass is 504 g/mol. The molecule has 0 aliphatic carbocycles. The molecule has 5 heteroatoms. The summed E-state index contributed by atoms with van der Waals surface area (Å²) in [5.74, 6) is -0.385. The van der Waals surface area contributed by atoms with Crippen molar-refractivity contribution in [1.82, 2.24) is 0 Å². The van der Waals surface area contributed by atoms with Gasteiger partial charge in [-0.15, -0.1) is 0 Å². The number of nitrogens with one attached hydrogen (secondary N) is 1. The van der Waals surface area contributed by atoms with Crippen LogP contribution in [0.3, 0.4) is 0 Å². The van der Waals surface area contributed by atoms with Crippen LogP contribution in [0.2, 0.25) is 0 Å². The van der Waals surface area contributed by atoms with Gasteiger partial charge in [-0.2, -0.15) is 0 Å². The molecule has 0 bridgehead atoms. The highest BCUT2D eigenvalue weighted by molar-refractivity contribution is 6.01. The Bertz CT molecular complexity index is 1380. The second-order valence-corrected chi connectivity index (χ2v) is 9.04. The van der Waals surface area contributed by atoms with Gasteiger partial charge in [0.1, 0.15) is 6.61 Å². The summed E-state index contributed by atoms with van der Waals surface area (Å²) < 4.78 is 5.29. The van der Waals surface area contributed by atoms with Crippen LogP contribution in [-0.2, 0) is 22.6 Å². The van der Waals surface area contributed by atoms with Gasteiger partial charge in [0.15, 0.2) is 0 Å². The molecular weight excluding hydrogens is 472 g/mol. The molecule has 4 aromatic carbocycles. The summed E-state index contributed by atoms with van der Waals surface area (Å²) in [6, 6.07) is 33.1. The standard InChI is InChI=1S/C33H32N2O3/c1-3-8-25-15-20-30(21-16-25)34-33(37)35(2)31-12-7-11-29(23-31)28-18-13-26(14-19-28)17-22-32(36)38-24-27-9-5-4-6-10-27/h4-7,9-23H,3,8,24H2,1-2H3,(H,34,37). The van der Waals surface area contributed by atoms with Crippen molar-refractivity contribution >= 4 is 29.5 Å². The maximum atomic E-state index is 12.8. The number of esters is 1. The van der Waals surface area contributed by atoms with Crippen molar-refractivity contribution in [2.24, 2.45) is 0 Å². The molecule has 5 nitrogen and oxygen atoms in total. The van der Waals surface area contributed by atoms with E-state index in [-0.39, 0.29) is 18.6 Å². The van der Waals surface area contributed by atoms with Crippen LogP contribution in [0.1, 0.15) is 30.0 Å². The molecule has 0 atom stereocenters. The average molecular weight is 505 g/mol. The lowest BCUT2D eigenvalue weighted by molar-refractivity contribution is -0.138. The smallest absolute Gasteiger partial charge is 0.331 e. The zero-order chi connectivity index (χ0) is 26.7. The van der Waals surface area contributed by atoms with Gasteiger partial charge >= 0.3 is 12.0 Å². The number of hydrogen-bond donors (Lipinski definition) is 1. The second kappa shape index (κ2) is 13.1. The fourth-order valence-corrected chi connectivity index (χ4v) is 3.99. The average Bonchev–Trinajstić information content (AvgIpc) is 2.96. The number of amides is 2. The largest absolute Gasteiger partial charge is 0.458 e. The summed E-state index contributed by atoms with van der Waals surface area (Å²) in [4.78, 5) is 26.5.